The predicted molar refractivity (Wildman–Crippen MR) is 84.3 cm³/mol. The molecule has 18 heavy (non-hydrogen) atoms. The Bertz CT molecular complexity index is 329. The van der Waals surface area contributed by atoms with Gasteiger partial charge >= 0.3 is 115 Å². The number of hydrogen-bond donors (Lipinski definition) is 0. The van der Waals surface area contributed by atoms with Gasteiger partial charge in [0.15, 0.2) is 0 Å². The van der Waals surface area contributed by atoms with E-state index in [1.54, 1.807) is 0 Å². The topological polar surface area (TPSA) is 0 Å². The first kappa shape index (κ1) is 18.7. The van der Waals surface area contributed by atoms with Crippen LogP contribution in [0.25, 0.3) is 0 Å². The molecule has 0 heterocycles. The van der Waals surface area contributed by atoms with E-state index in [1.165, 1.54) is 5.30 Å². The second-order valence-corrected chi connectivity index (χ2v) is 14.1. The molecule has 1 aromatic rings. The number of unbranched alkanes of at least 4 members (excludes halogenated alkanes) is 2. The first-order valence-corrected chi connectivity index (χ1v) is 10.9. The van der Waals surface area contributed by atoms with E-state index in [0.717, 1.165) is 38.0 Å². The van der Waals surface area contributed by atoms with Gasteiger partial charge in [0.1, 0.15) is 0 Å². The van der Waals surface area contributed by atoms with Gasteiger partial charge in [0.2, 0.25) is 0 Å². The molecule has 0 aliphatic carbocycles. The van der Waals surface area contributed by atoms with Crippen molar-refractivity contribution in [2.75, 3.05) is 12.3 Å². The molecule has 0 aliphatic rings. The zero-order chi connectivity index (χ0) is 12.8. The third kappa shape index (κ3) is 5.03. The Labute approximate surface area is 132 Å². The Kier molecular flexibility index (Phi) is 8.47. The van der Waals surface area contributed by atoms with Crippen LogP contribution in [-0.4, -0.2) is 12.3 Å². The summed E-state index contributed by atoms with van der Waals surface area (Å²) in [5.41, 5.74) is 0. The smallest absolute Gasteiger partial charge is 0 e. The molecular formula is C14H23Cl2MnP. The average molecular weight is 348 g/mol. The Balaban J connectivity index is 0.00000289. The van der Waals surface area contributed by atoms with Crippen molar-refractivity contribution in [1.82, 2.24) is 0 Å². The summed E-state index contributed by atoms with van der Waals surface area (Å²) < 4.78 is 0. The molecule has 0 aromatic heterocycles. The van der Waals surface area contributed by atoms with Gasteiger partial charge in [0.05, 0.1) is 0 Å². The molecule has 0 N–H and O–H groups in total. The van der Waals surface area contributed by atoms with E-state index in [2.05, 4.69) is 26.0 Å². The van der Waals surface area contributed by atoms with Gasteiger partial charge in [-0.3, -0.25) is 0 Å². The molecular weight excluding hydrogens is 325 g/mol. The summed E-state index contributed by atoms with van der Waals surface area (Å²) in [6.45, 7) is 4.38. The van der Waals surface area contributed by atoms with E-state index < -0.39 is 5.31 Å². The van der Waals surface area contributed by atoms with Crippen LogP contribution in [0, 0.1) is 0 Å². The van der Waals surface area contributed by atoms with E-state index >= 15 is 0 Å². The van der Waals surface area contributed by atoms with Gasteiger partial charge in [0, 0.05) is 17.1 Å². The van der Waals surface area contributed by atoms with Crippen molar-refractivity contribution < 1.29 is 17.1 Å². The number of halogens is 2. The summed E-state index contributed by atoms with van der Waals surface area (Å²) in [5, 5.41) is -1.53. The normalized spacial score (nSPS) is 13.4. The number of rotatable bonds is 7. The van der Waals surface area contributed by atoms with Crippen LogP contribution in [0.3, 0.4) is 0 Å². The molecule has 1 aromatic carbocycles. The van der Waals surface area contributed by atoms with Crippen molar-refractivity contribution >= 4 is 33.1 Å². The minimum atomic E-state index is -2.70. The fourth-order valence-electron chi connectivity index (χ4n) is 2.06. The molecule has 0 unspecified atom stereocenters. The Morgan fingerprint density at radius 1 is 0.889 bits per heavy atom. The molecule has 0 bridgehead atoms. The first-order chi connectivity index (χ1) is 8.02. The summed E-state index contributed by atoms with van der Waals surface area (Å²) in [4.78, 5) is 0. The summed E-state index contributed by atoms with van der Waals surface area (Å²) in [6.07, 6.45) is 6.43. The number of hydrogen-bond acceptors (Lipinski definition) is 0. The molecule has 0 fully saturated rings. The maximum Gasteiger partial charge on any atom is 0 e. The molecule has 0 spiro atoms. The van der Waals surface area contributed by atoms with Crippen LogP contribution in [-0.2, 0) is 17.1 Å². The van der Waals surface area contributed by atoms with Crippen molar-refractivity contribution in [1.29, 1.82) is 0 Å². The molecule has 0 amide bonds. The summed E-state index contributed by atoms with van der Waals surface area (Å²) in [6, 6.07) is 10.3. The molecule has 0 saturated heterocycles. The van der Waals surface area contributed by atoms with E-state index in [1.807, 2.05) is 18.2 Å². The van der Waals surface area contributed by atoms with Crippen LogP contribution in [0.1, 0.15) is 39.5 Å². The maximum absolute atomic E-state index is 6.97. The van der Waals surface area contributed by atoms with Crippen molar-refractivity contribution in [2.45, 2.75) is 39.5 Å². The minimum Gasteiger partial charge on any atom is 0 e. The fourth-order valence-corrected chi connectivity index (χ4v) is 7.60. The summed E-state index contributed by atoms with van der Waals surface area (Å²) in [7, 11) is 0. The molecule has 4 heteroatoms. The predicted octanol–water partition coefficient (Wildman–Crippen LogP) is 5.77. The minimum absolute atomic E-state index is 0. The third-order valence-corrected chi connectivity index (χ3v) is 10.2. The second kappa shape index (κ2) is 8.13. The Hall–Kier alpha value is 0.749. The third-order valence-electron chi connectivity index (χ3n) is 3.22. The molecule has 0 nitrogen and oxygen atoms in total. The molecule has 0 atom stereocenters. The van der Waals surface area contributed by atoms with Crippen LogP contribution < -0.4 is 5.30 Å². The van der Waals surface area contributed by atoms with E-state index in [-0.39, 0.29) is 17.1 Å². The van der Waals surface area contributed by atoms with Crippen molar-refractivity contribution in [3.05, 3.63) is 30.3 Å². The Morgan fingerprint density at radius 3 is 1.72 bits per heavy atom. The largest absolute Gasteiger partial charge is 0 e. The Morgan fingerprint density at radius 2 is 1.33 bits per heavy atom. The summed E-state index contributed by atoms with van der Waals surface area (Å²) >= 11 is 13.9. The van der Waals surface area contributed by atoms with Gasteiger partial charge in [-0.05, 0) is 0 Å². The van der Waals surface area contributed by atoms with Crippen LogP contribution >= 0.6 is 27.8 Å². The second-order valence-electron chi connectivity index (χ2n) is 4.74. The van der Waals surface area contributed by atoms with E-state index in [4.69, 9.17) is 22.5 Å². The molecule has 105 valence electrons. The van der Waals surface area contributed by atoms with Gasteiger partial charge in [0.25, 0.3) is 0 Å². The van der Waals surface area contributed by atoms with Crippen LogP contribution in [0.2, 0.25) is 0 Å². The summed E-state index contributed by atoms with van der Waals surface area (Å²) in [5.74, 6) is 0. The standard InChI is InChI=1S/C14H23Cl2P.Mn/c1-3-5-12-17(15,16,13-6-4-2)14-10-8-7-9-11-14;/h7-11H,3-6,12-13H2,1-2H3;. The zero-order valence-electron chi connectivity index (χ0n) is 11.2. The van der Waals surface area contributed by atoms with Crippen molar-refractivity contribution in [2.24, 2.45) is 0 Å². The van der Waals surface area contributed by atoms with E-state index in [9.17, 15) is 0 Å². The SMILES string of the molecule is CCCCP(Cl)(Cl)(CCCC)c1ccccc1.[Mn]. The van der Waals surface area contributed by atoms with Crippen LogP contribution in [0.4, 0.5) is 0 Å². The van der Waals surface area contributed by atoms with Crippen LogP contribution in [0.15, 0.2) is 30.3 Å². The zero-order valence-corrected chi connectivity index (χ0v) is 14.8. The van der Waals surface area contributed by atoms with Crippen LogP contribution in [0.5, 0.6) is 0 Å². The van der Waals surface area contributed by atoms with Gasteiger partial charge in [-0.15, -0.1) is 0 Å². The van der Waals surface area contributed by atoms with Crippen molar-refractivity contribution in [3.63, 3.8) is 0 Å². The molecule has 1 rings (SSSR count). The molecule has 0 aliphatic heterocycles. The fraction of sp³-hybridized carbons (Fsp3) is 0.571. The maximum atomic E-state index is 6.97. The van der Waals surface area contributed by atoms with Gasteiger partial charge in [-0.1, -0.05) is 0 Å². The quantitative estimate of drug-likeness (QED) is 0.433. The molecule has 1 radical (unpaired) electrons. The van der Waals surface area contributed by atoms with E-state index in [0.29, 0.717) is 0 Å². The average Bonchev–Trinajstić information content (AvgIpc) is 2.36. The van der Waals surface area contributed by atoms with Crippen molar-refractivity contribution in [3.8, 4) is 0 Å². The van der Waals surface area contributed by atoms with Gasteiger partial charge in [-0.25, -0.2) is 0 Å². The first-order valence-electron chi connectivity index (χ1n) is 6.52. The number of benzene rings is 1. The molecule has 0 saturated carbocycles. The van der Waals surface area contributed by atoms with Gasteiger partial charge < -0.3 is 0 Å². The monoisotopic (exact) mass is 347 g/mol. The van der Waals surface area contributed by atoms with Gasteiger partial charge in [-0.2, -0.15) is 0 Å².